The Kier molecular flexibility index (Phi) is 3.40. The van der Waals surface area contributed by atoms with Gasteiger partial charge in [0.1, 0.15) is 0 Å². The Balaban J connectivity index is 1.79. The van der Waals surface area contributed by atoms with E-state index in [9.17, 15) is 4.79 Å². The Morgan fingerprint density at radius 2 is 2.42 bits per heavy atom. The number of aromatic nitrogens is 1. The lowest BCUT2D eigenvalue weighted by atomic mass is 10.1. The minimum atomic E-state index is 0.152. The van der Waals surface area contributed by atoms with Gasteiger partial charge in [-0.15, -0.1) is 0 Å². The third kappa shape index (κ3) is 2.31. The lowest BCUT2D eigenvalue weighted by Crippen LogP contribution is -2.38. The van der Waals surface area contributed by atoms with Crippen LogP contribution in [0.15, 0.2) is 18.5 Å². The third-order valence-corrected chi connectivity index (χ3v) is 4.29. The van der Waals surface area contributed by atoms with E-state index in [0.29, 0.717) is 6.04 Å². The van der Waals surface area contributed by atoms with Crippen molar-refractivity contribution in [1.82, 2.24) is 9.88 Å². The molecule has 3 rings (SSSR count). The van der Waals surface area contributed by atoms with E-state index in [2.05, 4.69) is 22.1 Å². The zero-order chi connectivity index (χ0) is 13.2. The summed E-state index contributed by atoms with van der Waals surface area (Å²) in [5.74, 6) is 0.886. The molecule has 2 heterocycles. The number of fused-ring (bicyclic) bond motifs is 2. The molecular weight excluding hydrogens is 238 g/mol. The molecule has 1 N–H and O–H groups in total. The van der Waals surface area contributed by atoms with Crippen LogP contribution in [0, 0.1) is 5.92 Å². The van der Waals surface area contributed by atoms with Crippen LogP contribution in [0.4, 0.5) is 5.69 Å². The van der Waals surface area contributed by atoms with Crippen LogP contribution in [0.5, 0.6) is 0 Å². The fourth-order valence-corrected chi connectivity index (χ4v) is 3.31. The monoisotopic (exact) mass is 259 g/mol. The number of nitrogens with zero attached hydrogens (tertiary/aromatic N) is 2. The third-order valence-electron chi connectivity index (χ3n) is 4.29. The number of carbonyl (C=O) groups excluding carboxylic acids is 1. The maximum atomic E-state index is 12.7. The molecule has 2 unspecified atom stereocenters. The van der Waals surface area contributed by atoms with Crippen molar-refractivity contribution in [2.24, 2.45) is 5.92 Å². The fraction of sp³-hybridized carbons (Fsp3) is 0.600. The van der Waals surface area contributed by atoms with Crippen molar-refractivity contribution >= 4 is 11.6 Å². The summed E-state index contributed by atoms with van der Waals surface area (Å²) in [6, 6.07) is 2.37. The Labute approximate surface area is 114 Å². The second kappa shape index (κ2) is 5.19. The molecule has 1 aliphatic carbocycles. The molecule has 0 aromatic carbocycles. The predicted octanol–water partition coefficient (Wildman–Crippen LogP) is 2.53. The van der Waals surface area contributed by atoms with Gasteiger partial charge in [0.05, 0.1) is 11.3 Å². The smallest absolute Gasteiger partial charge is 0.257 e. The highest BCUT2D eigenvalue weighted by Crippen LogP contribution is 2.38. The number of likely N-dealkylation sites (tertiary alicyclic amines) is 1. The molecule has 2 atom stereocenters. The van der Waals surface area contributed by atoms with Gasteiger partial charge in [0.15, 0.2) is 0 Å². The molecular formula is C15H21N3O. The summed E-state index contributed by atoms with van der Waals surface area (Å²) < 4.78 is 0. The first-order chi connectivity index (χ1) is 9.29. The van der Waals surface area contributed by atoms with E-state index in [1.54, 1.807) is 12.4 Å². The summed E-state index contributed by atoms with van der Waals surface area (Å²) >= 11 is 0. The van der Waals surface area contributed by atoms with Gasteiger partial charge in [-0.05, 0) is 37.7 Å². The number of pyridine rings is 1. The molecule has 1 saturated heterocycles. The van der Waals surface area contributed by atoms with Gasteiger partial charge in [-0.2, -0.15) is 0 Å². The van der Waals surface area contributed by atoms with Gasteiger partial charge in [0.25, 0.3) is 5.91 Å². The van der Waals surface area contributed by atoms with Crippen LogP contribution in [0.1, 0.15) is 43.0 Å². The van der Waals surface area contributed by atoms with Crippen LogP contribution in [0.2, 0.25) is 0 Å². The molecule has 1 aromatic rings. The number of amides is 1. The van der Waals surface area contributed by atoms with Crippen molar-refractivity contribution in [3.05, 3.63) is 24.0 Å². The van der Waals surface area contributed by atoms with Crippen LogP contribution in [0.25, 0.3) is 0 Å². The molecule has 4 heteroatoms. The summed E-state index contributed by atoms with van der Waals surface area (Å²) in [5.41, 5.74) is 1.65. The highest BCUT2D eigenvalue weighted by atomic mass is 16.2. The molecule has 19 heavy (non-hydrogen) atoms. The van der Waals surface area contributed by atoms with Gasteiger partial charge >= 0.3 is 0 Å². The maximum Gasteiger partial charge on any atom is 0.257 e. The zero-order valence-electron chi connectivity index (χ0n) is 11.4. The Hall–Kier alpha value is -1.58. The van der Waals surface area contributed by atoms with Gasteiger partial charge in [-0.25, -0.2) is 0 Å². The van der Waals surface area contributed by atoms with Crippen LogP contribution >= 0.6 is 0 Å². The molecule has 1 aromatic heterocycles. The molecule has 1 amide bonds. The maximum absolute atomic E-state index is 12.7. The second-order valence-corrected chi connectivity index (χ2v) is 5.64. The van der Waals surface area contributed by atoms with E-state index in [1.807, 2.05) is 6.07 Å². The Morgan fingerprint density at radius 3 is 3.11 bits per heavy atom. The topological polar surface area (TPSA) is 45.2 Å². The fourth-order valence-electron chi connectivity index (χ4n) is 3.31. The summed E-state index contributed by atoms with van der Waals surface area (Å²) in [5, 5.41) is 3.32. The molecule has 2 bridgehead atoms. The summed E-state index contributed by atoms with van der Waals surface area (Å²) in [4.78, 5) is 18.8. The Morgan fingerprint density at radius 1 is 1.53 bits per heavy atom. The molecule has 102 valence electrons. The highest BCUT2D eigenvalue weighted by molar-refractivity contribution is 5.99. The first-order valence-electron chi connectivity index (χ1n) is 7.28. The van der Waals surface area contributed by atoms with Crippen molar-refractivity contribution in [1.29, 1.82) is 0 Å². The van der Waals surface area contributed by atoms with E-state index < -0.39 is 0 Å². The second-order valence-electron chi connectivity index (χ2n) is 5.64. The summed E-state index contributed by atoms with van der Waals surface area (Å²) in [6.07, 6.45) is 8.15. The van der Waals surface area contributed by atoms with E-state index in [0.717, 1.165) is 36.7 Å². The average Bonchev–Trinajstić information content (AvgIpc) is 3.07. The van der Waals surface area contributed by atoms with E-state index in [4.69, 9.17) is 0 Å². The first-order valence-corrected chi connectivity index (χ1v) is 7.28. The number of carbonyl (C=O) groups is 1. The lowest BCUT2D eigenvalue weighted by Gasteiger charge is -2.27. The highest BCUT2D eigenvalue weighted by Gasteiger charge is 2.40. The number of rotatable bonds is 4. The van der Waals surface area contributed by atoms with Gasteiger partial charge in [-0.3, -0.25) is 9.78 Å². The van der Waals surface area contributed by atoms with Crippen molar-refractivity contribution in [2.45, 2.75) is 38.6 Å². The van der Waals surface area contributed by atoms with Crippen molar-refractivity contribution in [3.63, 3.8) is 0 Å². The molecule has 2 fully saturated rings. The lowest BCUT2D eigenvalue weighted by molar-refractivity contribution is 0.0704. The average molecular weight is 259 g/mol. The molecule has 1 saturated carbocycles. The molecule has 2 aliphatic rings. The minimum absolute atomic E-state index is 0.152. The van der Waals surface area contributed by atoms with Crippen LogP contribution in [-0.4, -0.2) is 34.9 Å². The quantitative estimate of drug-likeness (QED) is 0.903. The number of hydrogen-bond acceptors (Lipinski definition) is 3. The summed E-state index contributed by atoms with van der Waals surface area (Å²) in [6.45, 7) is 3.94. The number of anilines is 1. The molecule has 0 radical (unpaired) electrons. The van der Waals surface area contributed by atoms with E-state index in [1.165, 1.54) is 19.3 Å². The van der Waals surface area contributed by atoms with Crippen LogP contribution < -0.4 is 5.32 Å². The van der Waals surface area contributed by atoms with Crippen molar-refractivity contribution < 1.29 is 4.79 Å². The molecule has 0 spiro atoms. The van der Waals surface area contributed by atoms with E-state index in [-0.39, 0.29) is 5.91 Å². The van der Waals surface area contributed by atoms with Crippen molar-refractivity contribution in [2.75, 3.05) is 18.4 Å². The standard InChI is InChI=1S/C15H21N3O/c1-2-6-17-14-5-7-16-9-13(14)15(19)18-10-11-3-4-12(18)8-11/h5,7,9,11-12H,2-4,6,8,10H2,1H3,(H,16,17). The van der Waals surface area contributed by atoms with E-state index >= 15 is 0 Å². The number of piperidine rings is 1. The SMILES string of the molecule is CCCNc1ccncc1C(=O)N1CC2CCC1C2. The number of nitrogens with one attached hydrogen (secondary N) is 1. The minimum Gasteiger partial charge on any atom is -0.384 e. The van der Waals surface area contributed by atoms with Crippen LogP contribution in [-0.2, 0) is 0 Å². The zero-order valence-corrected chi connectivity index (χ0v) is 11.4. The Bertz CT molecular complexity index is 474. The first kappa shape index (κ1) is 12.5. The van der Waals surface area contributed by atoms with Gasteiger partial charge in [0, 0.05) is 31.5 Å². The van der Waals surface area contributed by atoms with Crippen LogP contribution in [0.3, 0.4) is 0 Å². The largest absolute Gasteiger partial charge is 0.384 e. The summed E-state index contributed by atoms with van der Waals surface area (Å²) in [7, 11) is 0. The van der Waals surface area contributed by atoms with Gasteiger partial charge in [0.2, 0.25) is 0 Å². The number of hydrogen-bond donors (Lipinski definition) is 1. The predicted molar refractivity (Wildman–Crippen MR) is 75.2 cm³/mol. The molecule has 1 aliphatic heterocycles. The normalized spacial score (nSPS) is 24.8. The van der Waals surface area contributed by atoms with Crippen molar-refractivity contribution in [3.8, 4) is 0 Å². The molecule has 4 nitrogen and oxygen atoms in total. The van der Waals surface area contributed by atoms with Gasteiger partial charge < -0.3 is 10.2 Å². The van der Waals surface area contributed by atoms with Gasteiger partial charge in [-0.1, -0.05) is 6.92 Å².